The van der Waals surface area contributed by atoms with Crippen LogP contribution in [0.3, 0.4) is 0 Å². The van der Waals surface area contributed by atoms with E-state index in [-0.39, 0.29) is 11.5 Å². The third-order valence-electron chi connectivity index (χ3n) is 3.70. The number of piperazine rings is 1. The van der Waals surface area contributed by atoms with Gasteiger partial charge in [0.1, 0.15) is 5.50 Å². The van der Waals surface area contributed by atoms with Crippen molar-refractivity contribution in [3.05, 3.63) is 11.4 Å². The summed E-state index contributed by atoms with van der Waals surface area (Å²) < 4.78 is 0. The zero-order valence-electron chi connectivity index (χ0n) is 9.55. The minimum Gasteiger partial charge on any atom is -0.306 e. The van der Waals surface area contributed by atoms with Crippen molar-refractivity contribution < 1.29 is 0 Å². The first-order valence-electron chi connectivity index (χ1n) is 5.83. The largest absolute Gasteiger partial charge is 0.306 e. The lowest BCUT2D eigenvalue weighted by Crippen LogP contribution is -2.69. The number of hydrazine groups is 2. The fourth-order valence-electron chi connectivity index (χ4n) is 2.97. The summed E-state index contributed by atoms with van der Waals surface area (Å²) in [5.41, 5.74) is 8.95. The van der Waals surface area contributed by atoms with Gasteiger partial charge in [0.05, 0.1) is 17.8 Å². The number of allylic oxidation sites excluding steroid dienone is 1. The number of halogens is 1. The van der Waals surface area contributed by atoms with Gasteiger partial charge in [-0.2, -0.15) is 0 Å². The summed E-state index contributed by atoms with van der Waals surface area (Å²) in [5, 5.41) is 9.15. The molecule has 5 nitrogen and oxygen atoms in total. The minimum absolute atomic E-state index is 0.00505. The highest BCUT2D eigenvalue weighted by Crippen LogP contribution is 2.30. The molecule has 16 heavy (non-hydrogen) atoms. The third-order valence-corrected chi connectivity index (χ3v) is 4.13. The standard InChI is InChI=1S/C10H18ClN5/c1-5-9-6(2)14-15-16(9)7-3-4-12-10(11)8(7)13-5/h5,7-8,10,12-15H,3-4H2,1-2H3. The van der Waals surface area contributed by atoms with Gasteiger partial charge in [-0.25, -0.2) is 0 Å². The summed E-state index contributed by atoms with van der Waals surface area (Å²) in [6.07, 6.45) is 1.10. The summed E-state index contributed by atoms with van der Waals surface area (Å²) >= 11 is 6.32. The van der Waals surface area contributed by atoms with Crippen LogP contribution in [0, 0.1) is 0 Å². The minimum atomic E-state index is 0.00505. The number of hydrogen-bond donors (Lipinski definition) is 4. The quantitative estimate of drug-likeness (QED) is 0.352. The van der Waals surface area contributed by atoms with E-state index in [1.165, 1.54) is 11.4 Å². The van der Waals surface area contributed by atoms with Gasteiger partial charge in [0.15, 0.2) is 0 Å². The number of hydrogen-bond acceptors (Lipinski definition) is 5. The highest BCUT2D eigenvalue weighted by Gasteiger charge is 2.44. The molecule has 2 fully saturated rings. The Kier molecular flexibility index (Phi) is 2.51. The Bertz CT molecular complexity index is 331. The van der Waals surface area contributed by atoms with E-state index in [1.54, 1.807) is 0 Å². The second kappa shape index (κ2) is 3.77. The van der Waals surface area contributed by atoms with Crippen molar-refractivity contribution in [2.45, 2.75) is 43.9 Å². The SMILES string of the molecule is CC1=C2C(C)NC3C(Cl)NCCC3N2NN1. The second-order valence-corrected chi connectivity index (χ2v) is 5.21. The maximum absolute atomic E-state index is 6.32. The molecule has 3 aliphatic rings. The maximum atomic E-state index is 6.32. The number of nitrogens with zero attached hydrogens (tertiary/aromatic N) is 1. The highest BCUT2D eigenvalue weighted by molar-refractivity contribution is 6.21. The number of nitrogens with one attached hydrogen (secondary N) is 4. The Morgan fingerprint density at radius 3 is 3.06 bits per heavy atom. The predicted molar refractivity (Wildman–Crippen MR) is 63.2 cm³/mol. The van der Waals surface area contributed by atoms with Gasteiger partial charge in [-0.15, -0.1) is 17.1 Å². The van der Waals surface area contributed by atoms with Crippen molar-refractivity contribution in [1.82, 2.24) is 26.6 Å². The summed E-state index contributed by atoms with van der Waals surface area (Å²) in [6, 6.07) is 1.03. The van der Waals surface area contributed by atoms with Crippen LogP contribution in [0.1, 0.15) is 20.3 Å². The van der Waals surface area contributed by atoms with Crippen LogP contribution in [0.25, 0.3) is 0 Å². The van der Waals surface area contributed by atoms with Crippen molar-refractivity contribution in [3.8, 4) is 0 Å². The van der Waals surface area contributed by atoms with E-state index in [0.29, 0.717) is 12.1 Å². The fourth-order valence-corrected chi connectivity index (χ4v) is 3.32. The van der Waals surface area contributed by atoms with Gasteiger partial charge in [-0.05, 0) is 26.8 Å². The van der Waals surface area contributed by atoms with E-state index in [1.807, 2.05) is 0 Å². The smallest absolute Gasteiger partial charge is 0.100 e. The Morgan fingerprint density at radius 1 is 1.44 bits per heavy atom. The van der Waals surface area contributed by atoms with Crippen molar-refractivity contribution >= 4 is 11.6 Å². The van der Waals surface area contributed by atoms with E-state index >= 15 is 0 Å². The third kappa shape index (κ3) is 1.43. The van der Waals surface area contributed by atoms with Gasteiger partial charge < -0.3 is 10.7 Å². The molecular formula is C10H18ClN5. The van der Waals surface area contributed by atoms with Crippen molar-refractivity contribution in [2.24, 2.45) is 0 Å². The molecule has 3 aliphatic heterocycles. The number of rotatable bonds is 0. The molecule has 4 atom stereocenters. The molecule has 2 saturated heterocycles. The number of piperidine rings is 1. The lowest BCUT2D eigenvalue weighted by atomic mass is 9.94. The van der Waals surface area contributed by atoms with E-state index in [9.17, 15) is 0 Å². The second-order valence-electron chi connectivity index (χ2n) is 4.74. The zero-order valence-corrected chi connectivity index (χ0v) is 10.3. The molecule has 4 N–H and O–H groups in total. The number of fused-ring (bicyclic) bond motifs is 3. The first kappa shape index (κ1) is 10.7. The molecule has 0 aromatic heterocycles. The normalized spacial score (nSPS) is 42.8. The Labute approximate surface area is 101 Å². The summed E-state index contributed by atoms with van der Waals surface area (Å²) in [7, 11) is 0. The Hall–Kier alpha value is -0.490. The molecule has 6 heteroatoms. The van der Waals surface area contributed by atoms with Crippen molar-refractivity contribution in [3.63, 3.8) is 0 Å². The van der Waals surface area contributed by atoms with E-state index in [0.717, 1.165) is 13.0 Å². The van der Waals surface area contributed by atoms with Gasteiger partial charge in [-0.3, -0.25) is 10.3 Å². The molecule has 0 aromatic carbocycles. The van der Waals surface area contributed by atoms with Crippen LogP contribution in [-0.2, 0) is 0 Å². The summed E-state index contributed by atoms with van der Waals surface area (Å²) in [5.74, 6) is 0. The molecular weight excluding hydrogens is 226 g/mol. The molecule has 0 bridgehead atoms. The average Bonchev–Trinajstić information content (AvgIpc) is 2.64. The van der Waals surface area contributed by atoms with Crippen LogP contribution >= 0.6 is 11.6 Å². The first-order valence-corrected chi connectivity index (χ1v) is 6.27. The van der Waals surface area contributed by atoms with Crippen LogP contribution in [0.2, 0.25) is 0 Å². The Balaban J connectivity index is 1.91. The van der Waals surface area contributed by atoms with Gasteiger partial charge in [0, 0.05) is 11.7 Å². The lowest BCUT2D eigenvalue weighted by molar-refractivity contribution is 0.0695. The highest BCUT2D eigenvalue weighted by atomic mass is 35.5. The van der Waals surface area contributed by atoms with Gasteiger partial charge in [0.2, 0.25) is 0 Å². The molecule has 90 valence electrons. The maximum Gasteiger partial charge on any atom is 0.100 e. The molecule has 0 saturated carbocycles. The Morgan fingerprint density at radius 2 is 2.25 bits per heavy atom. The summed E-state index contributed by atoms with van der Waals surface area (Å²) in [4.78, 5) is 0. The van der Waals surface area contributed by atoms with Crippen LogP contribution in [-0.4, -0.2) is 35.2 Å². The lowest BCUT2D eigenvalue weighted by Gasteiger charge is -2.48. The molecule has 0 aliphatic carbocycles. The molecule has 4 unspecified atom stereocenters. The van der Waals surface area contributed by atoms with Crippen LogP contribution in [0.4, 0.5) is 0 Å². The van der Waals surface area contributed by atoms with Gasteiger partial charge >= 0.3 is 0 Å². The monoisotopic (exact) mass is 243 g/mol. The van der Waals surface area contributed by atoms with Crippen LogP contribution < -0.4 is 21.6 Å². The molecule has 3 rings (SSSR count). The average molecular weight is 244 g/mol. The van der Waals surface area contributed by atoms with Crippen LogP contribution in [0.15, 0.2) is 11.4 Å². The van der Waals surface area contributed by atoms with E-state index < -0.39 is 0 Å². The number of alkyl halides is 1. The zero-order chi connectivity index (χ0) is 11.3. The fraction of sp³-hybridized carbons (Fsp3) is 0.800. The molecule has 3 heterocycles. The topological polar surface area (TPSA) is 51.4 Å². The van der Waals surface area contributed by atoms with E-state index in [2.05, 4.69) is 40.5 Å². The molecule has 0 aromatic rings. The van der Waals surface area contributed by atoms with Crippen LogP contribution in [0.5, 0.6) is 0 Å². The predicted octanol–water partition coefficient (Wildman–Crippen LogP) is -0.170. The molecule has 0 amide bonds. The summed E-state index contributed by atoms with van der Waals surface area (Å²) in [6.45, 7) is 5.24. The molecule has 0 radical (unpaired) electrons. The molecule has 0 spiro atoms. The van der Waals surface area contributed by atoms with Gasteiger partial charge in [0.25, 0.3) is 0 Å². The van der Waals surface area contributed by atoms with Crippen molar-refractivity contribution in [1.29, 1.82) is 0 Å². The van der Waals surface area contributed by atoms with Gasteiger partial charge in [-0.1, -0.05) is 0 Å². The first-order chi connectivity index (χ1) is 7.68. The van der Waals surface area contributed by atoms with Crippen molar-refractivity contribution in [2.75, 3.05) is 6.54 Å². The van der Waals surface area contributed by atoms with E-state index in [4.69, 9.17) is 11.6 Å².